The second-order valence-electron chi connectivity index (χ2n) is 5.86. The van der Waals surface area contributed by atoms with Crippen molar-refractivity contribution in [3.05, 3.63) is 23.1 Å². The summed E-state index contributed by atoms with van der Waals surface area (Å²) < 4.78 is 21.5. The quantitative estimate of drug-likeness (QED) is 0.632. The van der Waals surface area contributed by atoms with Gasteiger partial charge in [-0.1, -0.05) is 11.2 Å². The van der Waals surface area contributed by atoms with Crippen molar-refractivity contribution in [1.29, 1.82) is 0 Å². The third kappa shape index (κ3) is 3.98. The Labute approximate surface area is 169 Å². The van der Waals surface area contributed by atoms with Crippen molar-refractivity contribution in [2.45, 2.75) is 0 Å². The Morgan fingerprint density at radius 1 is 1.17 bits per heavy atom. The third-order valence-electron chi connectivity index (χ3n) is 4.12. The van der Waals surface area contributed by atoms with E-state index in [0.29, 0.717) is 38.1 Å². The Morgan fingerprint density at radius 2 is 1.90 bits per heavy atom. The number of nitrogens with one attached hydrogen (secondary N) is 1. The number of ether oxygens (including phenoxy) is 3. The first kappa shape index (κ1) is 19.1. The summed E-state index contributed by atoms with van der Waals surface area (Å²) in [6.07, 6.45) is 0. The molecular weight excluding hydrogens is 400 g/mol. The molecule has 0 atom stereocenters. The molecule has 29 heavy (non-hydrogen) atoms. The molecule has 1 amide bonds. The first-order valence-electron chi connectivity index (χ1n) is 8.71. The van der Waals surface area contributed by atoms with Crippen LogP contribution in [0.4, 0.5) is 12.0 Å². The van der Waals surface area contributed by atoms with Gasteiger partial charge in [0.25, 0.3) is 11.8 Å². The second kappa shape index (κ2) is 8.41. The number of aromatic nitrogens is 4. The topological polar surface area (TPSA) is 125 Å². The number of anilines is 2. The standard InChI is InChI=1S/C17H18N6O5S/c1-25-14-11(15(26-2)20-16(19-14)23-5-7-27-8-6-23)12(24)18-17-22-21-13(28-17)10-4-3-9-29-10/h3-4,9H,5-8H2,1-2H3,(H,18,22,24). The number of amides is 1. The smallest absolute Gasteiger partial charge is 0.322 e. The van der Waals surface area contributed by atoms with Gasteiger partial charge < -0.3 is 23.5 Å². The highest BCUT2D eigenvalue weighted by Crippen LogP contribution is 2.30. The number of hydrogen-bond donors (Lipinski definition) is 1. The van der Waals surface area contributed by atoms with Gasteiger partial charge >= 0.3 is 6.01 Å². The van der Waals surface area contributed by atoms with Crippen LogP contribution < -0.4 is 19.7 Å². The molecular formula is C17H18N6O5S. The molecule has 4 heterocycles. The van der Waals surface area contributed by atoms with Gasteiger partial charge in [-0.3, -0.25) is 10.1 Å². The first-order valence-corrected chi connectivity index (χ1v) is 9.59. The van der Waals surface area contributed by atoms with E-state index in [2.05, 4.69) is 25.5 Å². The minimum atomic E-state index is -0.589. The van der Waals surface area contributed by atoms with Gasteiger partial charge in [-0.05, 0) is 11.4 Å². The van der Waals surface area contributed by atoms with Crippen LogP contribution in [0.5, 0.6) is 11.8 Å². The largest absolute Gasteiger partial charge is 0.480 e. The van der Waals surface area contributed by atoms with Gasteiger partial charge in [0.05, 0.1) is 32.3 Å². The molecule has 11 nitrogen and oxygen atoms in total. The normalized spacial score (nSPS) is 13.9. The summed E-state index contributed by atoms with van der Waals surface area (Å²) in [6, 6.07) is 3.65. The highest BCUT2D eigenvalue weighted by molar-refractivity contribution is 7.13. The number of hydrogen-bond acceptors (Lipinski definition) is 11. The Morgan fingerprint density at radius 3 is 2.52 bits per heavy atom. The van der Waals surface area contributed by atoms with Crippen molar-refractivity contribution in [2.24, 2.45) is 0 Å². The maximum atomic E-state index is 12.8. The maximum Gasteiger partial charge on any atom is 0.322 e. The molecule has 3 aromatic heterocycles. The van der Waals surface area contributed by atoms with E-state index in [0.717, 1.165) is 4.88 Å². The van der Waals surface area contributed by atoms with Crippen molar-refractivity contribution < 1.29 is 23.4 Å². The zero-order valence-electron chi connectivity index (χ0n) is 15.7. The zero-order chi connectivity index (χ0) is 20.2. The van der Waals surface area contributed by atoms with E-state index in [1.807, 2.05) is 22.4 Å². The summed E-state index contributed by atoms with van der Waals surface area (Å²) in [7, 11) is 2.84. The Bertz CT molecular complexity index is 961. The predicted molar refractivity (Wildman–Crippen MR) is 104 cm³/mol. The van der Waals surface area contributed by atoms with Gasteiger partial charge in [0.2, 0.25) is 17.7 Å². The minimum absolute atomic E-state index is 0.0304. The molecule has 1 aliphatic rings. The van der Waals surface area contributed by atoms with Crippen molar-refractivity contribution in [2.75, 3.05) is 50.7 Å². The summed E-state index contributed by atoms with van der Waals surface area (Å²) >= 11 is 1.45. The van der Waals surface area contributed by atoms with Gasteiger partial charge in [0.15, 0.2) is 5.56 Å². The maximum absolute atomic E-state index is 12.8. The molecule has 0 spiro atoms. The van der Waals surface area contributed by atoms with Crippen LogP contribution >= 0.6 is 11.3 Å². The molecule has 0 saturated carbocycles. The van der Waals surface area contributed by atoms with E-state index in [1.165, 1.54) is 25.6 Å². The minimum Gasteiger partial charge on any atom is -0.480 e. The van der Waals surface area contributed by atoms with Crippen molar-refractivity contribution >= 4 is 29.2 Å². The van der Waals surface area contributed by atoms with Gasteiger partial charge in [-0.15, -0.1) is 16.4 Å². The number of methoxy groups -OCH3 is 2. The van der Waals surface area contributed by atoms with E-state index in [9.17, 15) is 4.79 Å². The van der Waals surface area contributed by atoms with Crippen LogP contribution in [0.25, 0.3) is 10.8 Å². The molecule has 12 heteroatoms. The van der Waals surface area contributed by atoms with E-state index in [1.54, 1.807) is 0 Å². The third-order valence-corrected chi connectivity index (χ3v) is 4.97. The van der Waals surface area contributed by atoms with E-state index >= 15 is 0 Å². The van der Waals surface area contributed by atoms with Crippen LogP contribution in [0.1, 0.15) is 10.4 Å². The fraction of sp³-hybridized carbons (Fsp3) is 0.353. The van der Waals surface area contributed by atoms with Crippen molar-refractivity contribution in [1.82, 2.24) is 20.2 Å². The van der Waals surface area contributed by atoms with Crippen molar-refractivity contribution in [3.63, 3.8) is 0 Å². The monoisotopic (exact) mass is 418 g/mol. The average molecular weight is 418 g/mol. The summed E-state index contributed by atoms with van der Waals surface area (Å²) in [5, 5.41) is 12.2. The lowest BCUT2D eigenvalue weighted by Gasteiger charge is -2.27. The van der Waals surface area contributed by atoms with Crippen molar-refractivity contribution in [3.8, 4) is 22.5 Å². The molecule has 0 unspecified atom stereocenters. The van der Waals surface area contributed by atoms with Crippen LogP contribution in [0, 0.1) is 0 Å². The number of morpholine rings is 1. The Balaban J connectivity index is 1.60. The summed E-state index contributed by atoms with van der Waals surface area (Å²) in [5.74, 6) is 0.278. The van der Waals surface area contributed by atoms with Gasteiger partial charge in [-0.2, -0.15) is 9.97 Å². The molecule has 1 N–H and O–H groups in total. The molecule has 1 saturated heterocycles. The van der Waals surface area contributed by atoms with Crippen LogP contribution in [0.2, 0.25) is 0 Å². The van der Waals surface area contributed by atoms with Gasteiger partial charge in [0.1, 0.15) is 0 Å². The van der Waals surface area contributed by atoms with Crippen LogP contribution in [0.3, 0.4) is 0 Å². The Hall–Kier alpha value is -3.25. The molecule has 3 aromatic rings. The van der Waals surface area contributed by atoms with Crippen LogP contribution in [-0.2, 0) is 4.74 Å². The fourth-order valence-corrected chi connectivity index (χ4v) is 3.38. The van der Waals surface area contributed by atoms with E-state index in [4.69, 9.17) is 18.6 Å². The molecule has 0 radical (unpaired) electrons. The lowest BCUT2D eigenvalue weighted by atomic mass is 10.3. The van der Waals surface area contributed by atoms with Gasteiger partial charge in [0, 0.05) is 13.1 Å². The number of thiophene rings is 1. The summed E-state index contributed by atoms with van der Waals surface area (Å²) in [4.78, 5) is 24.3. The highest BCUT2D eigenvalue weighted by Gasteiger charge is 2.27. The molecule has 4 rings (SSSR count). The second-order valence-corrected chi connectivity index (χ2v) is 6.81. The summed E-state index contributed by atoms with van der Waals surface area (Å²) in [6.45, 7) is 2.40. The van der Waals surface area contributed by atoms with E-state index in [-0.39, 0.29) is 23.3 Å². The van der Waals surface area contributed by atoms with E-state index < -0.39 is 5.91 Å². The predicted octanol–water partition coefficient (Wildman–Crippen LogP) is 1.69. The zero-order valence-corrected chi connectivity index (χ0v) is 16.6. The lowest BCUT2D eigenvalue weighted by molar-refractivity contribution is 0.101. The average Bonchev–Trinajstić information content (AvgIpc) is 3.45. The lowest BCUT2D eigenvalue weighted by Crippen LogP contribution is -2.37. The number of nitrogens with zero attached hydrogens (tertiary/aromatic N) is 5. The molecule has 0 aliphatic carbocycles. The molecule has 0 bridgehead atoms. The molecule has 1 aliphatic heterocycles. The molecule has 1 fully saturated rings. The Kier molecular flexibility index (Phi) is 5.53. The number of carbonyl (C=O) groups excluding carboxylic acids is 1. The first-order chi connectivity index (χ1) is 14.2. The van der Waals surface area contributed by atoms with Gasteiger partial charge in [-0.25, -0.2) is 0 Å². The molecule has 0 aromatic carbocycles. The number of carbonyl (C=O) groups is 1. The van der Waals surface area contributed by atoms with Crippen LogP contribution in [0.15, 0.2) is 21.9 Å². The SMILES string of the molecule is COc1nc(N2CCOCC2)nc(OC)c1C(=O)Nc1nnc(-c2cccs2)o1. The highest BCUT2D eigenvalue weighted by atomic mass is 32.1. The van der Waals surface area contributed by atoms with Crippen LogP contribution in [-0.4, -0.2) is 66.6 Å². The fourth-order valence-electron chi connectivity index (χ4n) is 2.74. The summed E-state index contributed by atoms with van der Waals surface area (Å²) in [5.41, 5.74) is 0.0304. The number of rotatable bonds is 6. The molecule has 152 valence electrons.